The lowest BCUT2D eigenvalue weighted by molar-refractivity contribution is -0.118. The number of carbonyl (C=O) groups excluding carboxylic acids is 1. The fourth-order valence-corrected chi connectivity index (χ4v) is 1.66. The van der Waals surface area contributed by atoms with Crippen LogP contribution in [-0.4, -0.2) is 49.5 Å². The summed E-state index contributed by atoms with van der Waals surface area (Å²) >= 11 is 0. The van der Waals surface area contributed by atoms with E-state index in [0.29, 0.717) is 32.2 Å². The molecule has 2 atom stereocenters. The third-order valence-electron chi connectivity index (χ3n) is 2.43. The van der Waals surface area contributed by atoms with Crippen molar-refractivity contribution in [1.82, 2.24) is 10.6 Å². The molecule has 0 bridgehead atoms. The van der Waals surface area contributed by atoms with Crippen LogP contribution in [0.15, 0.2) is 0 Å². The van der Waals surface area contributed by atoms with Crippen LogP contribution in [0.5, 0.6) is 0 Å². The maximum Gasteiger partial charge on any atom is 0.216 e. The van der Waals surface area contributed by atoms with E-state index in [-0.39, 0.29) is 12.0 Å². The van der Waals surface area contributed by atoms with Gasteiger partial charge in [0.2, 0.25) is 5.91 Å². The van der Waals surface area contributed by atoms with Gasteiger partial charge in [0, 0.05) is 26.6 Å². The first-order chi connectivity index (χ1) is 8.41. The van der Waals surface area contributed by atoms with Crippen molar-refractivity contribution in [2.75, 3.05) is 26.2 Å². The minimum Gasteiger partial charge on any atom is -0.389 e. The molecule has 0 aliphatic rings. The quantitative estimate of drug-likeness (QED) is 0.501. The van der Waals surface area contributed by atoms with Crippen LogP contribution in [0.3, 0.4) is 0 Å². The summed E-state index contributed by atoms with van der Waals surface area (Å²) in [5.74, 6) is 0.566. The fraction of sp³-hybridized carbons (Fsp3) is 0.923. The summed E-state index contributed by atoms with van der Waals surface area (Å²) in [5.41, 5.74) is 0. The average molecular weight is 260 g/mol. The lowest BCUT2D eigenvalue weighted by Gasteiger charge is -2.18. The number of amides is 1. The van der Waals surface area contributed by atoms with E-state index in [4.69, 9.17) is 4.74 Å². The summed E-state index contributed by atoms with van der Waals surface area (Å²) in [7, 11) is 0. The molecule has 5 nitrogen and oxygen atoms in total. The topological polar surface area (TPSA) is 70.6 Å². The molecule has 108 valence electrons. The van der Waals surface area contributed by atoms with E-state index in [1.807, 2.05) is 6.92 Å². The molecule has 0 aliphatic heterocycles. The van der Waals surface area contributed by atoms with Crippen molar-refractivity contribution < 1.29 is 14.6 Å². The second-order valence-corrected chi connectivity index (χ2v) is 5.11. The third kappa shape index (κ3) is 11.8. The van der Waals surface area contributed by atoms with Crippen LogP contribution < -0.4 is 10.6 Å². The summed E-state index contributed by atoms with van der Waals surface area (Å²) in [6, 6.07) is 0. The zero-order valence-electron chi connectivity index (χ0n) is 12.0. The Morgan fingerprint density at radius 2 is 1.94 bits per heavy atom. The van der Waals surface area contributed by atoms with E-state index >= 15 is 0 Å². The summed E-state index contributed by atoms with van der Waals surface area (Å²) < 4.78 is 5.55. The van der Waals surface area contributed by atoms with Crippen LogP contribution in [-0.2, 0) is 9.53 Å². The summed E-state index contributed by atoms with van der Waals surface area (Å²) in [5, 5.41) is 15.4. The van der Waals surface area contributed by atoms with Crippen LogP contribution in [0.1, 0.15) is 34.1 Å². The molecule has 0 aliphatic carbocycles. The molecule has 0 saturated heterocycles. The smallest absolute Gasteiger partial charge is 0.216 e. The Bertz CT molecular complexity index is 222. The summed E-state index contributed by atoms with van der Waals surface area (Å²) in [6.45, 7) is 9.87. The molecule has 2 unspecified atom stereocenters. The van der Waals surface area contributed by atoms with Crippen LogP contribution in [0.25, 0.3) is 0 Å². The zero-order valence-corrected chi connectivity index (χ0v) is 12.0. The fourth-order valence-electron chi connectivity index (χ4n) is 1.66. The SMILES string of the molecule is CC(=O)NCCNCC(O)COC(C)CC(C)C. The number of aliphatic hydroxyl groups is 1. The van der Waals surface area contributed by atoms with Gasteiger partial charge >= 0.3 is 0 Å². The van der Waals surface area contributed by atoms with Gasteiger partial charge in [-0.3, -0.25) is 4.79 Å². The third-order valence-corrected chi connectivity index (χ3v) is 2.43. The van der Waals surface area contributed by atoms with Crippen LogP contribution in [0.4, 0.5) is 0 Å². The number of hydrogen-bond acceptors (Lipinski definition) is 4. The highest BCUT2D eigenvalue weighted by Crippen LogP contribution is 2.07. The summed E-state index contributed by atoms with van der Waals surface area (Å²) in [4.78, 5) is 10.6. The molecule has 0 aromatic heterocycles. The Morgan fingerprint density at radius 3 is 2.50 bits per heavy atom. The molecule has 1 amide bonds. The predicted octanol–water partition coefficient (Wildman–Crippen LogP) is 0.524. The maximum atomic E-state index is 10.6. The second-order valence-electron chi connectivity index (χ2n) is 5.11. The van der Waals surface area contributed by atoms with E-state index in [2.05, 4.69) is 24.5 Å². The first-order valence-corrected chi connectivity index (χ1v) is 6.66. The Labute approximate surface area is 110 Å². The van der Waals surface area contributed by atoms with Gasteiger partial charge in [-0.1, -0.05) is 13.8 Å². The highest BCUT2D eigenvalue weighted by Gasteiger charge is 2.09. The molecule has 0 radical (unpaired) electrons. The van der Waals surface area contributed by atoms with Gasteiger partial charge in [0.25, 0.3) is 0 Å². The van der Waals surface area contributed by atoms with Gasteiger partial charge in [0.15, 0.2) is 0 Å². The zero-order chi connectivity index (χ0) is 14.0. The first kappa shape index (κ1) is 17.4. The number of carbonyl (C=O) groups is 1. The molecule has 18 heavy (non-hydrogen) atoms. The number of rotatable bonds is 10. The molecule has 0 spiro atoms. The number of hydrogen-bond donors (Lipinski definition) is 3. The largest absolute Gasteiger partial charge is 0.389 e. The van der Waals surface area contributed by atoms with Gasteiger partial charge < -0.3 is 20.5 Å². The van der Waals surface area contributed by atoms with Crippen molar-refractivity contribution in [2.45, 2.75) is 46.3 Å². The number of aliphatic hydroxyl groups excluding tert-OH is 1. The van der Waals surface area contributed by atoms with Gasteiger partial charge in [-0.15, -0.1) is 0 Å². The second kappa shape index (κ2) is 10.3. The lowest BCUT2D eigenvalue weighted by Crippen LogP contribution is -2.36. The van der Waals surface area contributed by atoms with E-state index in [1.165, 1.54) is 6.92 Å². The van der Waals surface area contributed by atoms with Gasteiger partial charge in [-0.05, 0) is 19.3 Å². The molecule has 0 rings (SSSR count). The van der Waals surface area contributed by atoms with Crippen molar-refractivity contribution in [2.24, 2.45) is 5.92 Å². The van der Waals surface area contributed by atoms with Crippen molar-refractivity contribution in [3.05, 3.63) is 0 Å². The molecule has 0 saturated carbocycles. The molecule has 0 aromatic carbocycles. The maximum absolute atomic E-state index is 10.6. The highest BCUT2D eigenvalue weighted by molar-refractivity contribution is 5.72. The number of nitrogens with one attached hydrogen (secondary N) is 2. The van der Waals surface area contributed by atoms with Crippen molar-refractivity contribution in [3.63, 3.8) is 0 Å². The van der Waals surface area contributed by atoms with Crippen molar-refractivity contribution in [3.8, 4) is 0 Å². The first-order valence-electron chi connectivity index (χ1n) is 6.66. The molecular formula is C13H28N2O3. The lowest BCUT2D eigenvalue weighted by atomic mass is 10.1. The van der Waals surface area contributed by atoms with Gasteiger partial charge in [0.05, 0.1) is 18.8 Å². The highest BCUT2D eigenvalue weighted by atomic mass is 16.5. The van der Waals surface area contributed by atoms with E-state index in [0.717, 1.165) is 6.42 Å². The standard InChI is InChI=1S/C13H28N2O3/c1-10(2)7-11(3)18-9-13(17)8-14-5-6-15-12(4)16/h10-11,13-14,17H,5-9H2,1-4H3,(H,15,16). The minimum atomic E-state index is -0.503. The van der Waals surface area contributed by atoms with E-state index in [1.54, 1.807) is 0 Å². The van der Waals surface area contributed by atoms with E-state index < -0.39 is 6.10 Å². The molecule has 0 aromatic rings. The molecule has 0 fully saturated rings. The Morgan fingerprint density at radius 1 is 1.28 bits per heavy atom. The number of ether oxygens (including phenoxy) is 1. The van der Waals surface area contributed by atoms with Crippen LogP contribution in [0.2, 0.25) is 0 Å². The molecule has 0 heterocycles. The predicted molar refractivity (Wildman–Crippen MR) is 72.4 cm³/mol. The van der Waals surface area contributed by atoms with Gasteiger partial charge in [-0.25, -0.2) is 0 Å². The monoisotopic (exact) mass is 260 g/mol. The van der Waals surface area contributed by atoms with E-state index in [9.17, 15) is 9.90 Å². The van der Waals surface area contributed by atoms with Crippen LogP contribution in [0, 0.1) is 5.92 Å². The molecule has 5 heteroatoms. The average Bonchev–Trinajstić information content (AvgIpc) is 2.24. The Hall–Kier alpha value is -0.650. The Kier molecular flexibility index (Phi) is 9.92. The normalized spacial score (nSPS) is 14.6. The van der Waals surface area contributed by atoms with Gasteiger partial charge in [0.1, 0.15) is 0 Å². The van der Waals surface area contributed by atoms with Crippen molar-refractivity contribution >= 4 is 5.91 Å². The molecule has 3 N–H and O–H groups in total. The van der Waals surface area contributed by atoms with Crippen molar-refractivity contribution in [1.29, 1.82) is 0 Å². The Balaban J connectivity index is 3.42. The summed E-state index contributed by atoms with van der Waals surface area (Å²) in [6.07, 6.45) is 0.679. The van der Waals surface area contributed by atoms with Crippen LogP contribution >= 0.6 is 0 Å². The molecular weight excluding hydrogens is 232 g/mol. The van der Waals surface area contributed by atoms with Gasteiger partial charge in [-0.2, -0.15) is 0 Å². The minimum absolute atomic E-state index is 0.0387.